The molecule has 0 aliphatic rings. The van der Waals surface area contributed by atoms with E-state index in [1.165, 1.54) is 5.56 Å². The van der Waals surface area contributed by atoms with Gasteiger partial charge >= 0.3 is 5.97 Å². The average molecular weight is 210 g/mol. The molecule has 84 valence electrons. The lowest BCUT2D eigenvalue weighted by Gasteiger charge is -2.03. The molecule has 0 bridgehead atoms. The molecule has 0 fully saturated rings. The number of carbonyl (C=O) groups is 1. The van der Waals surface area contributed by atoms with Crippen LogP contribution in [0.5, 0.6) is 0 Å². The summed E-state index contributed by atoms with van der Waals surface area (Å²) in [7, 11) is 1.87. The molecule has 0 radical (unpaired) electrons. The van der Waals surface area contributed by atoms with Crippen molar-refractivity contribution in [1.82, 2.24) is 9.78 Å². The predicted octanol–water partition coefficient (Wildman–Crippen LogP) is 1.64. The number of hydrogen-bond donors (Lipinski definition) is 1. The molecule has 0 atom stereocenters. The highest BCUT2D eigenvalue weighted by molar-refractivity contribution is 5.67. The Hall–Kier alpha value is -1.32. The van der Waals surface area contributed by atoms with E-state index in [4.69, 9.17) is 5.11 Å². The molecule has 15 heavy (non-hydrogen) atoms. The molecule has 0 saturated carbocycles. The third-order valence-corrected chi connectivity index (χ3v) is 2.20. The van der Waals surface area contributed by atoms with E-state index < -0.39 is 5.97 Å². The molecular formula is C11H18N2O2. The number of aromatic nitrogens is 2. The number of rotatable bonds is 5. The van der Waals surface area contributed by atoms with E-state index in [0.29, 0.717) is 12.3 Å². The molecule has 1 rings (SSSR count). The highest BCUT2D eigenvalue weighted by Crippen LogP contribution is 2.13. The van der Waals surface area contributed by atoms with Crippen molar-refractivity contribution in [3.63, 3.8) is 0 Å². The summed E-state index contributed by atoms with van der Waals surface area (Å²) in [5.74, 6) is -0.200. The van der Waals surface area contributed by atoms with E-state index in [0.717, 1.165) is 12.1 Å². The normalized spacial score (nSPS) is 10.9. The van der Waals surface area contributed by atoms with E-state index in [2.05, 4.69) is 18.9 Å². The smallest absolute Gasteiger partial charge is 0.303 e. The van der Waals surface area contributed by atoms with Gasteiger partial charge in [0.25, 0.3) is 0 Å². The van der Waals surface area contributed by atoms with Gasteiger partial charge in [-0.1, -0.05) is 13.8 Å². The molecule has 1 N–H and O–H groups in total. The fourth-order valence-corrected chi connectivity index (χ4v) is 1.63. The molecule has 0 spiro atoms. The van der Waals surface area contributed by atoms with Crippen molar-refractivity contribution in [3.8, 4) is 0 Å². The minimum absolute atomic E-state index is 0.155. The number of aliphatic carboxylic acids is 1. The van der Waals surface area contributed by atoms with Gasteiger partial charge in [0.2, 0.25) is 0 Å². The number of hydrogen-bond acceptors (Lipinski definition) is 2. The summed E-state index contributed by atoms with van der Waals surface area (Å²) in [6.45, 7) is 4.29. The third kappa shape index (κ3) is 3.73. The van der Waals surface area contributed by atoms with Crippen LogP contribution in [0.15, 0.2) is 6.20 Å². The standard InChI is InChI=1S/C11H18N2O2/c1-8(2)6-9-7-13(3)12-10(9)4-5-11(14)15/h7-8H,4-6H2,1-3H3,(H,14,15). The van der Waals surface area contributed by atoms with Gasteiger partial charge in [-0.25, -0.2) is 0 Å². The minimum Gasteiger partial charge on any atom is -0.481 e. The summed E-state index contributed by atoms with van der Waals surface area (Å²) in [6.07, 6.45) is 3.63. The van der Waals surface area contributed by atoms with Gasteiger partial charge in [-0.15, -0.1) is 0 Å². The Balaban J connectivity index is 2.72. The largest absolute Gasteiger partial charge is 0.481 e. The number of nitrogens with zero attached hydrogens (tertiary/aromatic N) is 2. The van der Waals surface area contributed by atoms with E-state index in [9.17, 15) is 4.79 Å². The Morgan fingerprint density at radius 2 is 2.27 bits per heavy atom. The molecule has 0 aromatic carbocycles. The van der Waals surface area contributed by atoms with Gasteiger partial charge in [-0.3, -0.25) is 9.48 Å². The van der Waals surface area contributed by atoms with Crippen LogP contribution in [0.2, 0.25) is 0 Å². The molecule has 1 aromatic heterocycles. The highest BCUT2D eigenvalue weighted by atomic mass is 16.4. The number of aryl methyl sites for hydroxylation is 2. The number of carboxylic acids is 1. The van der Waals surface area contributed by atoms with E-state index >= 15 is 0 Å². The van der Waals surface area contributed by atoms with Crippen LogP contribution in [0.1, 0.15) is 31.5 Å². The van der Waals surface area contributed by atoms with Gasteiger partial charge < -0.3 is 5.11 Å². The molecule has 0 saturated heterocycles. The molecular weight excluding hydrogens is 192 g/mol. The number of carboxylic acid groups (broad SMARTS) is 1. The van der Waals surface area contributed by atoms with Crippen LogP contribution < -0.4 is 0 Å². The Kier molecular flexibility index (Phi) is 3.88. The van der Waals surface area contributed by atoms with Crippen molar-refractivity contribution in [3.05, 3.63) is 17.5 Å². The predicted molar refractivity (Wildman–Crippen MR) is 57.7 cm³/mol. The third-order valence-electron chi connectivity index (χ3n) is 2.20. The monoisotopic (exact) mass is 210 g/mol. The Labute approximate surface area is 89.9 Å². The first kappa shape index (κ1) is 11.8. The minimum atomic E-state index is -0.767. The lowest BCUT2D eigenvalue weighted by atomic mass is 10.0. The van der Waals surface area contributed by atoms with Crippen molar-refractivity contribution < 1.29 is 9.90 Å². The lowest BCUT2D eigenvalue weighted by Crippen LogP contribution is -2.02. The first-order valence-corrected chi connectivity index (χ1v) is 5.22. The molecule has 0 aliphatic heterocycles. The van der Waals surface area contributed by atoms with Gasteiger partial charge in [-0.05, 0) is 17.9 Å². The zero-order valence-electron chi connectivity index (χ0n) is 9.53. The highest BCUT2D eigenvalue weighted by Gasteiger charge is 2.10. The van der Waals surface area contributed by atoms with Crippen LogP contribution in [-0.2, 0) is 24.7 Å². The summed E-state index contributed by atoms with van der Waals surface area (Å²) in [5, 5.41) is 12.9. The SMILES string of the molecule is CC(C)Cc1cn(C)nc1CCC(=O)O. The first-order valence-electron chi connectivity index (χ1n) is 5.22. The Morgan fingerprint density at radius 1 is 1.60 bits per heavy atom. The maximum atomic E-state index is 10.5. The Morgan fingerprint density at radius 3 is 2.80 bits per heavy atom. The maximum Gasteiger partial charge on any atom is 0.303 e. The van der Waals surface area contributed by atoms with Crippen molar-refractivity contribution in [2.75, 3.05) is 0 Å². The van der Waals surface area contributed by atoms with E-state index in [1.807, 2.05) is 13.2 Å². The molecule has 4 nitrogen and oxygen atoms in total. The zero-order valence-corrected chi connectivity index (χ0v) is 9.53. The van der Waals surface area contributed by atoms with E-state index in [-0.39, 0.29) is 6.42 Å². The van der Waals surface area contributed by atoms with Gasteiger partial charge in [0.15, 0.2) is 0 Å². The molecule has 0 unspecified atom stereocenters. The first-order chi connectivity index (χ1) is 6.99. The second-order valence-electron chi connectivity index (χ2n) is 4.27. The second-order valence-corrected chi connectivity index (χ2v) is 4.27. The summed E-state index contributed by atoms with van der Waals surface area (Å²) in [5.41, 5.74) is 2.10. The molecule has 1 heterocycles. The molecule has 1 aromatic rings. The molecule has 4 heteroatoms. The second kappa shape index (κ2) is 4.96. The van der Waals surface area contributed by atoms with Crippen LogP contribution >= 0.6 is 0 Å². The van der Waals surface area contributed by atoms with Crippen LogP contribution in [0.4, 0.5) is 0 Å². The fraction of sp³-hybridized carbons (Fsp3) is 0.636. The summed E-state index contributed by atoms with van der Waals surface area (Å²) in [4.78, 5) is 10.5. The van der Waals surface area contributed by atoms with Crippen LogP contribution in [0.3, 0.4) is 0 Å². The quantitative estimate of drug-likeness (QED) is 0.803. The van der Waals surface area contributed by atoms with E-state index in [1.54, 1.807) is 4.68 Å². The maximum absolute atomic E-state index is 10.5. The van der Waals surface area contributed by atoms with Crippen molar-refractivity contribution in [1.29, 1.82) is 0 Å². The van der Waals surface area contributed by atoms with Gasteiger partial charge in [0.05, 0.1) is 12.1 Å². The fourth-order valence-electron chi connectivity index (χ4n) is 1.63. The van der Waals surface area contributed by atoms with Crippen molar-refractivity contribution >= 4 is 5.97 Å². The zero-order chi connectivity index (χ0) is 11.4. The van der Waals surface area contributed by atoms with Crippen LogP contribution in [-0.4, -0.2) is 20.9 Å². The van der Waals surface area contributed by atoms with Crippen LogP contribution in [0.25, 0.3) is 0 Å². The lowest BCUT2D eigenvalue weighted by molar-refractivity contribution is -0.136. The molecule has 0 aliphatic carbocycles. The summed E-state index contributed by atoms with van der Waals surface area (Å²) < 4.78 is 1.76. The molecule has 0 amide bonds. The van der Waals surface area contributed by atoms with Gasteiger partial charge in [0.1, 0.15) is 0 Å². The van der Waals surface area contributed by atoms with Crippen LogP contribution in [0, 0.1) is 5.92 Å². The van der Waals surface area contributed by atoms with Crippen molar-refractivity contribution in [2.45, 2.75) is 33.1 Å². The van der Waals surface area contributed by atoms with Gasteiger partial charge in [0, 0.05) is 19.7 Å². The summed E-state index contributed by atoms with van der Waals surface area (Å²) in [6, 6.07) is 0. The van der Waals surface area contributed by atoms with Gasteiger partial charge in [-0.2, -0.15) is 5.10 Å². The topological polar surface area (TPSA) is 55.1 Å². The average Bonchev–Trinajstić information content (AvgIpc) is 2.41. The summed E-state index contributed by atoms with van der Waals surface area (Å²) >= 11 is 0. The Bertz CT molecular complexity index is 342. The van der Waals surface area contributed by atoms with Crippen molar-refractivity contribution in [2.24, 2.45) is 13.0 Å².